The van der Waals surface area contributed by atoms with E-state index in [4.69, 9.17) is 3.02 Å². The summed E-state index contributed by atoms with van der Waals surface area (Å²) in [5, 5.41) is 0. The minimum absolute atomic E-state index is 0.300. The third kappa shape index (κ3) is 9.82. The van der Waals surface area contributed by atoms with Crippen LogP contribution in [0.5, 0.6) is 0 Å². The zero-order valence-electron chi connectivity index (χ0n) is 2.02. The molecule has 0 aliphatic rings. The van der Waals surface area contributed by atoms with Gasteiger partial charge in [-0.1, -0.05) is 0 Å². The molecule has 0 N–H and O–H groups in total. The van der Waals surface area contributed by atoms with Gasteiger partial charge in [0.1, 0.15) is 0 Å². The fraction of sp³-hybridized carbons (Fsp3) is 0. The Morgan fingerprint density at radius 2 is 1.50 bits per heavy atom. The molecule has 0 spiro atoms. The molecule has 0 aromatic heterocycles. The van der Waals surface area contributed by atoms with Gasteiger partial charge >= 0.3 is 52.7 Å². The molecule has 0 aliphatic heterocycles. The molecule has 0 bridgehead atoms. The molecule has 0 heterocycles. The molecule has 0 amide bonds. The molecule has 0 unspecified atom stereocenters. The van der Waals surface area contributed by atoms with Crippen LogP contribution in [0.4, 0.5) is 0 Å². The summed E-state index contributed by atoms with van der Waals surface area (Å²) >= 11 is 1.26. The van der Waals surface area contributed by atoms with Crippen LogP contribution >= 0.6 is 10.1 Å². The van der Waals surface area contributed by atoms with Gasteiger partial charge in [-0.3, -0.25) is 0 Å². The van der Waals surface area contributed by atoms with Crippen molar-refractivity contribution in [3.63, 3.8) is 0 Å². The van der Waals surface area contributed by atoms with Crippen LogP contribution in [0.1, 0.15) is 0 Å². The molecule has 0 atom stereocenters. The molecule has 0 aliphatic carbocycles. The third-order valence-corrected chi connectivity index (χ3v) is 0. The van der Waals surface area contributed by atoms with Crippen LogP contribution in [-0.4, -0.2) is 23.0 Å². The van der Waals surface area contributed by atoms with E-state index < -0.39 is 0 Å². The first kappa shape index (κ1) is 9.07. The summed E-state index contributed by atoms with van der Waals surface area (Å²) in [7, 11) is 4.21. The second kappa shape index (κ2) is 25.0. The van der Waals surface area contributed by atoms with Crippen LogP contribution in [0.15, 0.2) is 0 Å². The van der Waals surface area contributed by atoms with E-state index in [9.17, 15) is 0 Å². The van der Waals surface area contributed by atoms with Gasteiger partial charge in [0.15, 0.2) is 0 Å². The van der Waals surface area contributed by atoms with E-state index >= 15 is 0 Å². The van der Waals surface area contributed by atoms with Crippen molar-refractivity contribution in [3.8, 4) is 0 Å². The fourth-order valence-electron chi connectivity index (χ4n) is 0. The number of hydrogen-bond donors (Lipinski definition) is 0. The van der Waals surface area contributed by atoms with E-state index in [1.54, 1.807) is 0 Å². The number of hydrogen-bond acceptors (Lipinski definition) is 2. The van der Waals surface area contributed by atoms with Crippen LogP contribution in [0.3, 0.4) is 0 Å². The van der Waals surface area contributed by atoms with Crippen molar-refractivity contribution in [2.75, 3.05) is 0 Å². The van der Waals surface area contributed by atoms with Gasteiger partial charge in [0.2, 0.25) is 0 Å². The zero-order valence-corrected chi connectivity index (χ0v) is 8.66. The van der Waals surface area contributed by atoms with Crippen molar-refractivity contribution >= 4 is 33.1 Å². The van der Waals surface area contributed by atoms with E-state index in [1.807, 2.05) is 0 Å². The Hall–Kier alpha value is 1.46. The molecule has 0 saturated carbocycles. The Balaban J connectivity index is 0. The minimum atomic E-state index is 0.300. The Morgan fingerprint density at radius 1 is 1.50 bits per heavy atom. The second-order valence-electron chi connectivity index (χ2n) is 0. The average molecular weight is 236 g/mol. The zero-order chi connectivity index (χ0) is 4.00. The molecule has 0 fully saturated rings. The van der Waals surface area contributed by atoms with Crippen LogP contribution in [0.25, 0.3) is 0 Å². The summed E-state index contributed by atoms with van der Waals surface area (Å²) < 4.78 is 8.34. The maximum absolute atomic E-state index is 8.34. The summed E-state index contributed by atoms with van der Waals surface area (Å²) in [5.74, 6) is 0. The van der Waals surface area contributed by atoms with Gasteiger partial charge in [-0.25, -0.2) is 0 Å². The molecule has 4 heteroatoms. The summed E-state index contributed by atoms with van der Waals surface area (Å²) in [5.41, 5.74) is 0. The average Bonchev–Trinajstić information content (AvgIpc) is 1.50. The molecular formula is HOSSbZn. The summed E-state index contributed by atoms with van der Waals surface area (Å²) in [6.45, 7) is 0. The first-order valence-corrected chi connectivity index (χ1v) is 5.87. The first-order chi connectivity index (χ1) is 2.00. The Kier molecular flexibility index (Phi) is 56.8. The molecule has 0 saturated heterocycles. The molecule has 0 aromatic rings. The van der Waals surface area contributed by atoms with Gasteiger partial charge < -0.3 is 0 Å². The molecule has 0 aromatic carbocycles. The van der Waals surface area contributed by atoms with Crippen molar-refractivity contribution in [3.05, 3.63) is 0 Å². The van der Waals surface area contributed by atoms with Crippen LogP contribution in [-0.2, 0) is 19.6 Å². The van der Waals surface area contributed by atoms with E-state index in [-0.39, 0.29) is 0 Å². The van der Waals surface area contributed by atoms with E-state index in [0.717, 1.165) is 16.6 Å². The predicted molar refractivity (Wildman–Crippen MR) is 15.4 cm³/mol. The first-order valence-electron chi connectivity index (χ1n) is 0.493. The van der Waals surface area contributed by atoms with E-state index in [0.29, 0.717) is 23.0 Å². The summed E-state index contributed by atoms with van der Waals surface area (Å²) in [6, 6.07) is 0. The van der Waals surface area contributed by atoms with E-state index in [2.05, 4.69) is 10.1 Å². The quantitative estimate of drug-likeness (QED) is 0.545. The summed E-state index contributed by atoms with van der Waals surface area (Å²) in [4.78, 5) is 0. The fourth-order valence-corrected chi connectivity index (χ4v) is 0. The van der Waals surface area contributed by atoms with Gasteiger partial charge in [-0.05, 0) is 0 Å². The molecule has 0 radical (unpaired) electrons. The predicted octanol–water partition coefficient (Wildman–Crippen LogP) is -0.122. The van der Waals surface area contributed by atoms with Crippen LogP contribution in [0, 0.1) is 0 Å². The topological polar surface area (TPSA) is 17.1 Å². The van der Waals surface area contributed by atoms with Crippen LogP contribution < -0.4 is 0 Å². The van der Waals surface area contributed by atoms with Crippen molar-refractivity contribution in [2.45, 2.75) is 0 Å². The van der Waals surface area contributed by atoms with E-state index in [1.165, 1.54) is 0 Å². The summed E-state index contributed by atoms with van der Waals surface area (Å²) in [6.07, 6.45) is 0. The van der Waals surface area contributed by atoms with Gasteiger partial charge in [0.05, 0.1) is 0 Å². The standard InChI is InChI=1S/O.S.Sb.Zn.H. The van der Waals surface area contributed by atoms with Gasteiger partial charge in [-0.15, -0.1) is 0 Å². The molecule has 0 rings (SSSR count). The van der Waals surface area contributed by atoms with Crippen molar-refractivity contribution in [1.82, 2.24) is 0 Å². The SMILES string of the molecule is [O]=[SbH].[S]=[Zn]. The molecule has 4 heavy (non-hydrogen) atoms. The van der Waals surface area contributed by atoms with Crippen molar-refractivity contribution in [2.24, 2.45) is 0 Å². The van der Waals surface area contributed by atoms with Gasteiger partial charge in [0.25, 0.3) is 0 Å². The van der Waals surface area contributed by atoms with Gasteiger partial charge in [0, 0.05) is 0 Å². The Bertz CT molecular complexity index is 10.0. The third-order valence-electron chi connectivity index (χ3n) is 0. The number of rotatable bonds is 0. The molecule has 20 valence electrons. The molecular weight excluding hydrogens is 235 g/mol. The Morgan fingerprint density at radius 3 is 1.50 bits per heavy atom. The van der Waals surface area contributed by atoms with Crippen molar-refractivity contribution < 1.29 is 19.6 Å². The second-order valence-corrected chi connectivity index (χ2v) is 0. The monoisotopic (exact) mass is 234 g/mol. The Labute approximate surface area is 52.3 Å². The normalized spacial score (nSPS) is 2.50. The maximum atomic E-state index is 8.34. The van der Waals surface area contributed by atoms with Crippen molar-refractivity contribution in [1.29, 1.82) is 0 Å². The van der Waals surface area contributed by atoms with Gasteiger partial charge in [-0.2, -0.15) is 0 Å². The molecule has 1 nitrogen and oxygen atoms in total. The van der Waals surface area contributed by atoms with Crippen LogP contribution in [0.2, 0.25) is 0 Å².